The number of hydrogen-bond acceptors (Lipinski definition) is 5. The van der Waals surface area contributed by atoms with Gasteiger partial charge in [-0.25, -0.2) is 13.9 Å². The summed E-state index contributed by atoms with van der Waals surface area (Å²) >= 11 is 0. The summed E-state index contributed by atoms with van der Waals surface area (Å²) in [7, 11) is 1.50. The molecule has 3 heterocycles. The topological polar surface area (TPSA) is 63.0 Å². The lowest BCUT2D eigenvalue weighted by molar-refractivity contribution is -0.142. The molecule has 192 valence electrons. The number of nitrogens with zero attached hydrogens (tertiary/aromatic N) is 5. The Labute approximate surface area is 209 Å². The van der Waals surface area contributed by atoms with Crippen LogP contribution in [0.2, 0.25) is 0 Å². The monoisotopic (exact) mass is 513 g/mol. The lowest BCUT2D eigenvalue weighted by Gasteiger charge is -2.34. The van der Waals surface area contributed by atoms with Crippen LogP contribution in [0.5, 0.6) is 5.75 Å². The van der Waals surface area contributed by atoms with Gasteiger partial charge in [0.2, 0.25) is 0 Å². The quantitative estimate of drug-likeness (QED) is 0.367. The average molecular weight is 513 g/mol. The number of methoxy groups -OCH3 is 1. The summed E-state index contributed by atoms with van der Waals surface area (Å²) in [4.78, 5) is 21.2. The van der Waals surface area contributed by atoms with E-state index in [9.17, 15) is 22.4 Å². The van der Waals surface area contributed by atoms with E-state index in [0.29, 0.717) is 48.6 Å². The molecule has 1 fully saturated rings. The molecule has 0 aliphatic carbocycles. The summed E-state index contributed by atoms with van der Waals surface area (Å²) in [5.41, 5.74) is 0.346. The van der Waals surface area contributed by atoms with Gasteiger partial charge in [0.25, 0.3) is 5.91 Å². The zero-order valence-electron chi connectivity index (χ0n) is 19.9. The molecule has 11 heteroatoms. The van der Waals surface area contributed by atoms with E-state index in [2.05, 4.69) is 15.0 Å². The predicted molar refractivity (Wildman–Crippen MR) is 128 cm³/mol. The number of amides is 1. The van der Waals surface area contributed by atoms with Crippen LogP contribution in [-0.2, 0) is 12.7 Å². The first-order valence-corrected chi connectivity index (χ1v) is 11.6. The van der Waals surface area contributed by atoms with E-state index in [1.807, 2.05) is 0 Å². The van der Waals surface area contributed by atoms with Crippen molar-refractivity contribution in [1.82, 2.24) is 24.4 Å². The first kappa shape index (κ1) is 24.7. The molecule has 0 spiro atoms. The Balaban J connectivity index is 1.36. The largest absolute Gasteiger partial charge is 0.497 e. The fraction of sp³-hybridized carbons (Fsp3) is 0.269. The van der Waals surface area contributed by atoms with Crippen molar-refractivity contribution in [3.8, 4) is 17.0 Å². The van der Waals surface area contributed by atoms with Crippen LogP contribution in [-0.4, -0.2) is 63.6 Å². The number of fused-ring (bicyclic) bond motifs is 1. The summed E-state index contributed by atoms with van der Waals surface area (Å²) in [6, 6.07) is 15.0. The molecule has 2 aromatic carbocycles. The van der Waals surface area contributed by atoms with Crippen molar-refractivity contribution in [1.29, 1.82) is 0 Å². The molecule has 0 atom stereocenters. The van der Waals surface area contributed by atoms with Crippen LogP contribution < -0.4 is 4.74 Å². The standard InChI is InChI=1S/C26H23F4N5O2/c1-37-20-8-4-18(5-9-20)21-14-23(26(28,29)30)35-24(31-21)15-22(32-35)25(36)34-12-10-33(11-13-34)16-17-2-6-19(27)7-3-17/h2-9,14-15H,10-13,16H2,1H3. The molecular formula is C26H23F4N5O2. The molecule has 2 aromatic heterocycles. The lowest BCUT2D eigenvalue weighted by Crippen LogP contribution is -2.48. The Morgan fingerprint density at radius 1 is 0.973 bits per heavy atom. The Morgan fingerprint density at radius 3 is 2.27 bits per heavy atom. The minimum Gasteiger partial charge on any atom is -0.497 e. The minimum absolute atomic E-state index is 0.0704. The van der Waals surface area contributed by atoms with Crippen LogP contribution in [0.15, 0.2) is 60.7 Å². The number of hydrogen-bond donors (Lipinski definition) is 0. The molecule has 0 saturated carbocycles. The van der Waals surface area contributed by atoms with Crippen molar-refractivity contribution in [3.63, 3.8) is 0 Å². The number of ether oxygens (including phenoxy) is 1. The summed E-state index contributed by atoms with van der Waals surface area (Å²) < 4.78 is 60.6. The molecule has 1 aliphatic rings. The van der Waals surface area contributed by atoms with Crippen molar-refractivity contribution in [2.24, 2.45) is 0 Å². The van der Waals surface area contributed by atoms with E-state index in [0.717, 1.165) is 11.6 Å². The maximum absolute atomic E-state index is 13.9. The SMILES string of the molecule is COc1ccc(-c2cc(C(F)(F)F)n3nc(C(=O)N4CCN(Cc5ccc(F)cc5)CC4)cc3n2)cc1. The molecule has 7 nitrogen and oxygen atoms in total. The average Bonchev–Trinajstić information content (AvgIpc) is 3.33. The van der Waals surface area contributed by atoms with Gasteiger partial charge in [0, 0.05) is 44.4 Å². The van der Waals surface area contributed by atoms with Gasteiger partial charge in [0.1, 0.15) is 11.6 Å². The number of piperazine rings is 1. The summed E-state index contributed by atoms with van der Waals surface area (Å²) in [6.07, 6.45) is -4.71. The second kappa shape index (κ2) is 9.81. The van der Waals surface area contributed by atoms with E-state index in [4.69, 9.17) is 4.74 Å². The normalized spacial score (nSPS) is 14.8. The Morgan fingerprint density at radius 2 is 1.65 bits per heavy atom. The molecule has 0 unspecified atom stereocenters. The maximum atomic E-state index is 13.9. The van der Waals surface area contributed by atoms with Crippen LogP contribution in [0, 0.1) is 5.82 Å². The molecular weight excluding hydrogens is 490 g/mol. The fourth-order valence-corrected chi connectivity index (χ4v) is 4.31. The molecule has 0 N–H and O–H groups in total. The Hall–Kier alpha value is -3.99. The van der Waals surface area contributed by atoms with Gasteiger partial charge in [-0.15, -0.1) is 0 Å². The number of rotatable bonds is 5. The van der Waals surface area contributed by atoms with Crippen molar-refractivity contribution < 1.29 is 27.1 Å². The maximum Gasteiger partial charge on any atom is 0.433 e. The summed E-state index contributed by atoms with van der Waals surface area (Å²) in [6.45, 7) is 2.55. The van der Waals surface area contributed by atoms with Crippen LogP contribution >= 0.6 is 0 Å². The molecule has 0 bridgehead atoms. The number of halogens is 4. The number of alkyl halides is 3. The Kier molecular flexibility index (Phi) is 6.55. The van der Waals surface area contributed by atoms with E-state index >= 15 is 0 Å². The first-order valence-electron chi connectivity index (χ1n) is 11.6. The van der Waals surface area contributed by atoms with E-state index in [-0.39, 0.29) is 22.9 Å². The van der Waals surface area contributed by atoms with Crippen molar-refractivity contribution in [2.45, 2.75) is 12.7 Å². The van der Waals surface area contributed by atoms with Crippen molar-refractivity contribution in [3.05, 3.63) is 83.4 Å². The third kappa shape index (κ3) is 5.26. The smallest absolute Gasteiger partial charge is 0.433 e. The van der Waals surface area contributed by atoms with Gasteiger partial charge >= 0.3 is 6.18 Å². The lowest BCUT2D eigenvalue weighted by atomic mass is 10.1. The second-order valence-electron chi connectivity index (χ2n) is 8.75. The van der Waals surface area contributed by atoms with E-state index < -0.39 is 17.8 Å². The molecule has 0 radical (unpaired) electrons. The van der Waals surface area contributed by atoms with Gasteiger partial charge < -0.3 is 9.64 Å². The van der Waals surface area contributed by atoms with Gasteiger partial charge in [0.15, 0.2) is 17.0 Å². The van der Waals surface area contributed by atoms with E-state index in [1.54, 1.807) is 41.3 Å². The molecule has 4 aromatic rings. The van der Waals surface area contributed by atoms with Crippen molar-refractivity contribution in [2.75, 3.05) is 33.3 Å². The van der Waals surface area contributed by atoms with Crippen molar-refractivity contribution >= 4 is 11.6 Å². The molecule has 1 aliphatic heterocycles. The Bertz CT molecular complexity index is 1410. The third-order valence-electron chi connectivity index (χ3n) is 6.30. The molecule has 5 rings (SSSR count). The van der Waals surface area contributed by atoms with Crippen LogP contribution in [0.25, 0.3) is 16.9 Å². The number of benzene rings is 2. The fourth-order valence-electron chi connectivity index (χ4n) is 4.31. The van der Waals surface area contributed by atoms with Crippen LogP contribution in [0.4, 0.5) is 17.6 Å². The second-order valence-corrected chi connectivity index (χ2v) is 8.75. The summed E-state index contributed by atoms with van der Waals surface area (Å²) in [5, 5.41) is 3.99. The minimum atomic E-state index is -4.71. The molecule has 37 heavy (non-hydrogen) atoms. The van der Waals surface area contributed by atoms with E-state index in [1.165, 1.54) is 25.3 Å². The zero-order chi connectivity index (χ0) is 26.2. The van der Waals surface area contributed by atoms with Gasteiger partial charge in [-0.1, -0.05) is 12.1 Å². The van der Waals surface area contributed by atoms with Gasteiger partial charge in [-0.2, -0.15) is 18.3 Å². The van der Waals surface area contributed by atoms with Gasteiger partial charge in [0.05, 0.1) is 12.8 Å². The highest BCUT2D eigenvalue weighted by atomic mass is 19.4. The first-order chi connectivity index (χ1) is 17.7. The predicted octanol–water partition coefficient (Wildman–Crippen LogP) is 4.52. The van der Waals surface area contributed by atoms with Crippen LogP contribution in [0.1, 0.15) is 21.7 Å². The number of carbonyl (C=O) groups is 1. The highest BCUT2D eigenvalue weighted by molar-refractivity contribution is 5.93. The highest BCUT2D eigenvalue weighted by Gasteiger charge is 2.36. The number of carbonyl (C=O) groups excluding carboxylic acids is 1. The number of aromatic nitrogens is 3. The van der Waals surface area contributed by atoms with Gasteiger partial charge in [-0.3, -0.25) is 9.69 Å². The highest BCUT2D eigenvalue weighted by Crippen LogP contribution is 2.33. The zero-order valence-corrected chi connectivity index (χ0v) is 19.9. The summed E-state index contributed by atoms with van der Waals surface area (Å²) in [5.74, 6) is -0.187. The molecule has 1 amide bonds. The third-order valence-corrected chi connectivity index (χ3v) is 6.30. The molecule has 1 saturated heterocycles. The van der Waals surface area contributed by atoms with Crippen LogP contribution in [0.3, 0.4) is 0 Å². The van der Waals surface area contributed by atoms with Gasteiger partial charge in [-0.05, 0) is 48.0 Å².